The van der Waals surface area contributed by atoms with Gasteiger partial charge < -0.3 is 10.5 Å². The van der Waals surface area contributed by atoms with Gasteiger partial charge in [-0.2, -0.15) is 0 Å². The van der Waals surface area contributed by atoms with Crippen molar-refractivity contribution in [3.63, 3.8) is 0 Å². The maximum absolute atomic E-state index is 6.70. The lowest BCUT2D eigenvalue weighted by atomic mass is 9.66. The Morgan fingerprint density at radius 3 is 2.43 bits per heavy atom. The second-order valence-corrected chi connectivity index (χ2v) is 8.55. The van der Waals surface area contributed by atoms with Crippen LogP contribution in [0.3, 0.4) is 0 Å². The lowest BCUT2D eigenvalue weighted by Crippen LogP contribution is -2.46. The zero-order valence-corrected chi connectivity index (χ0v) is 15.3. The van der Waals surface area contributed by atoms with E-state index in [0.717, 1.165) is 35.4 Å². The predicted octanol–water partition coefficient (Wildman–Crippen LogP) is 4.93. The number of hydrogen-bond donors (Lipinski definition) is 1. The number of methoxy groups -OCH3 is 1. The van der Waals surface area contributed by atoms with Crippen LogP contribution in [-0.4, -0.2) is 12.6 Å². The molecule has 0 radical (unpaired) electrons. The number of halogens is 1. The standard InChI is InChI=1S/C18H28BrNO/c1-17(2,3)14-7-9-18(20,10-8-14)12-13-11-15(19)5-6-16(13)21-4/h5-6,11,14H,7-10,12,20H2,1-4H3. The molecule has 0 unspecified atom stereocenters. The summed E-state index contributed by atoms with van der Waals surface area (Å²) in [5.74, 6) is 1.74. The third kappa shape index (κ3) is 4.23. The minimum Gasteiger partial charge on any atom is -0.496 e. The van der Waals surface area contributed by atoms with Crippen LogP contribution in [0.4, 0.5) is 0 Å². The Morgan fingerprint density at radius 1 is 1.29 bits per heavy atom. The molecule has 0 aromatic heterocycles. The molecular weight excluding hydrogens is 326 g/mol. The molecule has 0 bridgehead atoms. The molecular formula is C18H28BrNO. The molecule has 118 valence electrons. The van der Waals surface area contributed by atoms with E-state index in [1.54, 1.807) is 7.11 Å². The Balaban J connectivity index is 2.08. The van der Waals surface area contributed by atoms with Crippen molar-refractivity contribution in [1.82, 2.24) is 0 Å². The summed E-state index contributed by atoms with van der Waals surface area (Å²) in [4.78, 5) is 0. The van der Waals surface area contributed by atoms with Crippen molar-refractivity contribution in [3.8, 4) is 5.75 Å². The highest BCUT2D eigenvalue weighted by Crippen LogP contribution is 2.42. The molecule has 2 rings (SSSR count). The fourth-order valence-corrected chi connectivity index (χ4v) is 3.91. The van der Waals surface area contributed by atoms with Crippen molar-refractivity contribution in [2.24, 2.45) is 17.1 Å². The highest BCUT2D eigenvalue weighted by Gasteiger charge is 2.36. The molecule has 1 fully saturated rings. The molecule has 2 nitrogen and oxygen atoms in total. The summed E-state index contributed by atoms with van der Waals surface area (Å²) in [6.45, 7) is 7.04. The fraction of sp³-hybridized carbons (Fsp3) is 0.667. The molecule has 1 saturated carbocycles. The van der Waals surface area contributed by atoms with Crippen LogP contribution in [0, 0.1) is 11.3 Å². The summed E-state index contributed by atoms with van der Waals surface area (Å²) >= 11 is 3.55. The van der Waals surface area contributed by atoms with Gasteiger partial charge in [-0.15, -0.1) is 0 Å². The van der Waals surface area contributed by atoms with Crippen LogP contribution in [-0.2, 0) is 6.42 Å². The van der Waals surface area contributed by atoms with Gasteiger partial charge in [-0.25, -0.2) is 0 Å². The zero-order valence-electron chi connectivity index (χ0n) is 13.7. The van der Waals surface area contributed by atoms with Crippen LogP contribution < -0.4 is 10.5 Å². The van der Waals surface area contributed by atoms with Crippen molar-refractivity contribution in [2.75, 3.05) is 7.11 Å². The van der Waals surface area contributed by atoms with E-state index in [1.807, 2.05) is 12.1 Å². The van der Waals surface area contributed by atoms with E-state index in [4.69, 9.17) is 10.5 Å². The van der Waals surface area contributed by atoms with Crippen LogP contribution in [0.25, 0.3) is 0 Å². The highest BCUT2D eigenvalue weighted by atomic mass is 79.9. The predicted molar refractivity (Wildman–Crippen MR) is 92.7 cm³/mol. The molecule has 0 atom stereocenters. The van der Waals surface area contributed by atoms with Crippen LogP contribution in [0.2, 0.25) is 0 Å². The Kier molecular flexibility index (Phi) is 5.04. The SMILES string of the molecule is COc1ccc(Br)cc1CC1(N)CCC(C(C)(C)C)CC1. The van der Waals surface area contributed by atoms with Gasteiger partial charge in [0.1, 0.15) is 5.75 Å². The smallest absolute Gasteiger partial charge is 0.122 e. The Hall–Kier alpha value is -0.540. The molecule has 0 spiro atoms. The largest absolute Gasteiger partial charge is 0.496 e. The van der Waals surface area contributed by atoms with Crippen molar-refractivity contribution < 1.29 is 4.74 Å². The molecule has 2 N–H and O–H groups in total. The summed E-state index contributed by atoms with van der Waals surface area (Å²) in [6, 6.07) is 6.18. The quantitative estimate of drug-likeness (QED) is 0.835. The van der Waals surface area contributed by atoms with E-state index in [1.165, 1.54) is 18.4 Å². The van der Waals surface area contributed by atoms with Gasteiger partial charge in [-0.3, -0.25) is 0 Å². The van der Waals surface area contributed by atoms with Crippen LogP contribution in [0.1, 0.15) is 52.0 Å². The van der Waals surface area contributed by atoms with Crippen molar-refractivity contribution in [1.29, 1.82) is 0 Å². The third-order valence-corrected chi connectivity index (χ3v) is 5.48. The molecule has 0 amide bonds. The average molecular weight is 354 g/mol. The van der Waals surface area contributed by atoms with Gasteiger partial charge in [0, 0.05) is 10.0 Å². The van der Waals surface area contributed by atoms with E-state index < -0.39 is 0 Å². The number of benzene rings is 1. The number of rotatable bonds is 3. The van der Waals surface area contributed by atoms with Crippen molar-refractivity contribution >= 4 is 15.9 Å². The van der Waals surface area contributed by atoms with Crippen LogP contribution in [0.15, 0.2) is 22.7 Å². The minimum absolute atomic E-state index is 0.0875. The van der Waals surface area contributed by atoms with Crippen LogP contribution in [0.5, 0.6) is 5.75 Å². The molecule has 0 heterocycles. The molecule has 1 aliphatic carbocycles. The normalized spacial score (nSPS) is 26.7. The summed E-state index contributed by atoms with van der Waals surface area (Å²) < 4.78 is 6.57. The van der Waals surface area contributed by atoms with Crippen molar-refractivity contribution in [2.45, 2.75) is 58.4 Å². The maximum atomic E-state index is 6.70. The highest BCUT2D eigenvalue weighted by molar-refractivity contribution is 9.10. The summed E-state index contributed by atoms with van der Waals surface area (Å²) in [7, 11) is 1.73. The van der Waals surface area contributed by atoms with Gasteiger partial charge in [0.05, 0.1) is 7.11 Å². The Labute approximate surface area is 137 Å². The maximum Gasteiger partial charge on any atom is 0.122 e. The molecule has 1 aliphatic rings. The number of nitrogens with two attached hydrogens (primary N) is 1. The summed E-state index contributed by atoms with van der Waals surface area (Å²) in [5, 5.41) is 0. The van der Waals surface area contributed by atoms with Gasteiger partial charge in [0.15, 0.2) is 0 Å². The molecule has 3 heteroatoms. The molecule has 1 aromatic rings. The minimum atomic E-state index is -0.0875. The summed E-state index contributed by atoms with van der Waals surface area (Å²) in [6.07, 6.45) is 5.56. The van der Waals surface area contributed by atoms with Gasteiger partial charge in [0.25, 0.3) is 0 Å². The Morgan fingerprint density at radius 2 is 1.90 bits per heavy atom. The first-order valence-electron chi connectivity index (χ1n) is 7.85. The lowest BCUT2D eigenvalue weighted by Gasteiger charge is -2.42. The van der Waals surface area contributed by atoms with Crippen LogP contribution >= 0.6 is 15.9 Å². The Bertz CT molecular complexity index is 484. The summed E-state index contributed by atoms with van der Waals surface area (Å²) in [5.41, 5.74) is 8.22. The van der Waals surface area contributed by atoms with E-state index in [-0.39, 0.29) is 5.54 Å². The van der Waals surface area contributed by atoms with E-state index >= 15 is 0 Å². The first-order valence-corrected chi connectivity index (χ1v) is 8.64. The molecule has 0 aliphatic heterocycles. The van der Waals surface area contributed by atoms with E-state index in [2.05, 4.69) is 42.8 Å². The average Bonchev–Trinajstić information content (AvgIpc) is 2.38. The third-order valence-electron chi connectivity index (χ3n) is 4.99. The molecule has 1 aromatic carbocycles. The second-order valence-electron chi connectivity index (χ2n) is 7.64. The fourth-order valence-electron chi connectivity index (χ4n) is 3.50. The van der Waals surface area contributed by atoms with Crippen molar-refractivity contribution in [3.05, 3.63) is 28.2 Å². The van der Waals surface area contributed by atoms with E-state index in [0.29, 0.717) is 5.41 Å². The zero-order chi connectivity index (χ0) is 15.7. The second kappa shape index (κ2) is 6.29. The monoisotopic (exact) mass is 353 g/mol. The first-order chi connectivity index (χ1) is 9.73. The van der Waals surface area contributed by atoms with Gasteiger partial charge in [-0.05, 0) is 67.2 Å². The van der Waals surface area contributed by atoms with Gasteiger partial charge in [-0.1, -0.05) is 36.7 Å². The lowest BCUT2D eigenvalue weighted by molar-refractivity contribution is 0.133. The molecule has 21 heavy (non-hydrogen) atoms. The van der Waals surface area contributed by atoms with E-state index in [9.17, 15) is 0 Å². The topological polar surface area (TPSA) is 35.2 Å². The number of hydrogen-bond acceptors (Lipinski definition) is 2. The first kappa shape index (κ1) is 16.8. The number of ether oxygens (including phenoxy) is 1. The van der Waals surface area contributed by atoms with Gasteiger partial charge >= 0.3 is 0 Å². The van der Waals surface area contributed by atoms with Gasteiger partial charge in [0.2, 0.25) is 0 Å². The molecule has 0 saturated heterocycles.